The van der Waals surface area contributed by atoms with Gasteiger partial charge in [-0.2, -0.15) is 0 Å². The van der Waals surface area contributed by atoms with Crippen LogP contribution in [-0.4, -0.2) is 74.2 Å². The highest BCUT2D eigenvalue weighted by atomic mass is 16.5. The monoisotopic (exact) mass is 269 g/mol. The second kappa shape index (κ2) is 6.20. The molecule has 0 radical (unpaired) electrons. The van der Waals surface area contributed by atoms with Crippen LogP contribution in [-0.2, 0) is 9.53 Å². The van der Waals surface area contributed by atoms with Gasteiger partial charge in [-0.1, -0.05) is 0 Å². The molecule has 0 amide bonds. The van der Waals surface area contributed by atoms with Crippen LogP contribution in [0, 0.1) is 0 Å². The van der Waals surface area contributed by atoms with E-state index < -0.39 is 5.54 Å². The highest BCUT2D eigenvalue weighted by Crippen LogP contribution is 2.22. The van der Waals surface area contributed by atoms with Gasteiger partial charge in [0.2, 0.25) is 0 Å². The summed E-state index contributed by atoms with van der Waals surface area (Å²) in [4.78, 5) is 16.9. The number of piperazine rings is 1. The summed E-state index contributed by atoms with van der Waals surface area (Å²) in [7, 11) is 3.28. The predicted octanol–water partition coefficient (Wildman–Crippen LogP) is 0.308. The molecule has 2 aliphatic rings. The molecule has 0 spiro atoms. The maximum absolute atomic E-state index is 11.8. The maximum atomic E-state index is 11.8. The van der Waals surface area contributed by atoms with Crippen LogP contribution in [0.2, 0.25) is 0 Å². The van der Waals surface area contributed by atoms with Crippen LogP contribution in [0.5, 0.6) is 0 Å². The molecular formula is C14H27N3O2. The highest BCUT2D eigenvalue weighted by Gasteiger charge is 2.35. The Hall–Kier alpha value is -0.650. The van der Waals surface area contributed by atoms with Gasteiger partial charge in [0.05, 0.1) is 7.11 Å². The van der Waals surface area contributed by atoms with Gasteiger partial charge in [0, 0.05) is 32.2 Å². The summed E-state index contributed by atoms with van der Waals surface area (Å²) in [5.41, 5.74) is -0.568. The summed E-state index contributed by atoms with van der Waals surface area (Å²) < 4.78 is 4.89. The molecule has 0 aromatic heterocycles. The first kappa shape index (κ1) is 14.8. The van der Waals surface area contributed by atoms with Crippen molar-refractivity contribution in [2.45, 2.75) is 37.8 Å². The fraction of sp³-hybridized carbons (Fsp3) is 0.929. The van der Waals surface area contributed by atoms with Crippen molar-refractivity contribution in [1.82, 2.24) is 15.1 Å². The Morgan fingerprint density at radius 2 is 2.21 bits per heavy atom. The summed E-state index contributed by atoms with van der Waals surface area (Å²) in [6, 6.07) is 0.743. The van der Waals surface area contributed by atoms with Gasteiger partial charge in [0.15, 0.2) is 0 Å². The molecule has 2 unspecified atom stereocenters. The van der Waals surface area contributed by atoms with Crippen molar-refractivity contribution in [3.63, 3.8) is 0 Å². The van der Waals surface area contributed by atoms with E-state index in [1.54, 1.807) is 0 Å². The van der Waals surface area contributed by atoms with E-state index in [-0.39, 0.29) is 5.97 Å². The topological polar surface area (TPSA) is 44.8 Å². The second-order valence-corrected chi connectivity index (χ2v) is 5.96. The molecule has 2 rings (SSSR count). The van der Waals surface area contributed by atoms with Crippen LogP contribution in [0.3, 0.4) is 0 Å². The van der Waals surface area contributed by atoms with E-state index in [0.717, 1.165) is 32.1 Å². The second-order valence-electron chi connectivity index (χ2n) is 5.96. The lowest BCUT2D eigenvalue weighted by molar-refractivity contribution is -0.148. The number of esters is 1. The quantitative estimate of drug-likeness (QED) is 0.728. The number of carbonyl (C=O) groups is 1. The van der Waals surface area contributed by atoms with Crippen molar-refractivity contribution in [2.24, 2.45) is 0 Å². The first-order valence-electron chi connectivity index (χ1n) is 7.33. The molecule has 2 aliphatic heterocycles. The molecule has 0 saturated carbocycles. The van der Waals surface area contributed by atoms with E-state index in [2.05, 4.69) is 15.1 Å². The number of rotatable bonds is 5. The lowest BCUT2D eigenvalue weighted by atomic mass is 9.97. The minimum absolute atomic E-state index is 0.172. The third-order valence-electron chi connectivity index (χ3n) is 4.79. The average Bonchev–Trinajstić information content (AvgIpc) is 2.91. The molecule has 19 heavy (non-hydrogen) atoms. The van der Waals surface area contributed by atoms with Gasteiger partial charge in [-0.05, 0) is 39.8 Å². The van der Waals surface area contributed by atoms with Crippen molar-refractivity contribution >= 4 is 5.97 Å². The minimum atomic E-state index is -0.568. The number of hydrogen-bond donors (Lipinski definition) is 1. The van der Waals surface area contributed by atoms with E-state index in [1.165, 1.54) is 33.0 Å². The number of methoxy groups -OCH3 is 1. The zero-order chi connectivity index (χ0) is 13.9. The summed E-state index contributed by atoms with van der Waals surface area (Å²) >= 11 is 0. The largest absolute Gasteiger partial charge is 0.468 e. The molecule has 0 bridgehead atoms. The zero-order valence-corrected chi connectivity index (χ0v) is 12.4. The Kier molecular flexibility index (Phi) is 4.81. The Bertz CT molecular complexity index is 324. The van der Waals surface area contributed by atoms with E-state index in [0.29, 0.717) is 0 Å². The number of fused-ring (bicyclic) bond motifs is 1. The van der Waals surface area contributed by atoms with Gasteiger partial charge in [0.25, 0.3) is 0 Å². The SMILES string of the molecule is CNC(C)(CCN1CCN2CCCC2C1)C(=O)OC. The minimum Gasteiger partial charge on any atom is -0.468 e. The molecule has 110 valence electrons. The summed E-state index contributed by atoms with van der Waals surface area (Å²) in [6.07, 6.45) is 3.47. The van der Waals surface area contributed by atoms with Crippen molar-refractivity contribution in [2.75, 3.05) is 46.9 Å². The number of hydrogen-bond acceptors (Lipinski definition) is 5. The molecule has 0 aromatic rings. The van der Waals surface area contributed by atoms with Gasteiger partial charge < -0.3 is 15.0 Å². The first-order valence-corrected chi connectivity index (χ1v) is 7.33. The Labute approximate surface area is 116 Å². The van der Waals surface area contributed by atoms with E-state index in [4.69, 9.17) is 4.74 Å². The van der Waals surface area contributed by atoms with E-state index >= 15 is 0 Å². The molecular weight excluding hydrogens is 242 g/mol. The molecule has 0 aliphatic carbocycles. The molecule has 2 fully saturated rings. The number of nitrogens with one attached hydrogen (secondary N) is 1. The molecule has 5 nitrogen and oxygen atoms in total. The van der Waals surface area contributed by atoms with Gasteiger partial charge >= 0.3 is 5.97 Å². The molecule has 2 atom stereocenters. The Morgan fingerprint density at radius 1 is 1.42 bits per heavy atom. The van der Waals surface area contributed by atoms with E-state index in [9.17, 15) is 4.79 Å². The summed E-state index contributed by atoms with van der Waals surface area (Å²) in [6.45, 7) is 7.61. The third-order valence-corrected chi connectivity index (χ3v) is 4.79. The number of carbonyl (C=O) groups excluding carboxylic acids is 1. The summed E-state index contributed by atoms with van der Waals surface area (Å²) in [5, 5.41) is 3.10. The Balaban J connectivity index is 1.83. The van der Waals surface area contributed by atoms with Crippen LogP contribution < -0.4 is 5.32 Å². The van der Waals surface area contributed by atoms with Crippen molar-refractivity contribution < 1.29 is 9.53 Å². The van der Waals surface area contributed by atoms with Crippen LogP contribution in [0.4, 0.5) is 0 Å². The van der Waals surface area contributed by atoms with E-state index in [1.807, 2.05) is 14.0 Å². The molecule has 1 N–H and O–H groups in total. The van der Waals surface area contributed by atoms with Crippen molar-refractivity contribution in [3.8, 4) is 0 Å². The third kappa shape index (κ3) is 3.27. The molecule has 0 aromatic carbocycles. The van der Waals surface area contributed by atoms with Crippen molar-refractivity contribution in [1.29, 1.82) is 0 Å². The standard InChI is InChI=1S/C14H27N3O2/c1-14(15-2,13(18)19-3)6-8-16-9-10-17-7-4-5-12(17)11-16/h12,15H,4-11H2,1-3H3. The van der Waals surface area contributed by atoms with Gasteiger partial charge in [-0.25, -0.2) is 0 Å². The molecule has 5 heteroatoms. The molecule has 2 saturated heterocycles. The van der Waals surface area contributed by atoms with Gasteiger partial charge in [-0.3, -0.25) is 9.69 Å². The van der Waals surface area contributed by atoms with Crippen LogP contribution >= 0.6 is 0 Å². The molecule has 2 heterocycles. The fourth-order valence-electron chi connectivity index (χ4n) is 3.19. The van der Waals surface area contributed by atoms with Gasteiger partial charge in [-0.15, -0.1) is 0 Å². The van der Waals surface area contributed by atoms with Crippen LogP contribution in [0.1, 0.15) is 26.2 Å². The van der Waals surface area contributed by atoms with Crippen LogP contribution in [0.25, 0.3) is 0 Å². The number of likely N-dealkylation sites (N-methyl/N-ethyl adjacent to an activating group) is 1. The highest BCUT2D eigenvalue weighted by molar-refractivity contribution is 5.80. The first-order chi connectivity index (χ1) is 9.09. The van der Waals surface area contributed by atoms with Gasteiger partial charge in [0.1, 0.15) is 5.54 Å². The number of ether oxygens (including phenoxy) is 1. The lowest BCUT2D eigenvalue weighted by Crippen LogP contribution is -2.54. The summed E-state index contributed by atoms with van der Waals surface area (Å²) in [5.74, 6) is -0.172. The number of nitrogens with zero attached hydrogens (tertiary/aromatic N) is 2. The Morgan fingerprint density at radius 3 is 2.89 bits per heavy atom. The van der Waals surface area contributed by atoms with Crippen LogP contribution in [0.15, 0.2) is 0 Å². The smallest absolute Gasteiger partial charge is 0.325 e. The average molecular weight is 269 g/mol. The maximum Gasteiger partial charge on any atom is 0.325 e. The fourth-order valence-corrected chi connectivity index (χ4v) is 3.19. The predicted molar refractivity (Wildman–Crippen MR) is 75.1 cm³/mol. The zero-order valence-electron chi connectivity index (χ0n) is 12.4. The normalized spacial score (nSPS) is 27.8. The van der Waals surface area contributed by atoms with Crippen molar-refractivity contribution in [3.05, 3.63) is 0 Å². The lowest BCUT2D eigenvalue weighted by Gasteiger charge is -2.38.